The van der Waals surface area contributed by atoms with E-state index < -0.39 is 0 Å². The zero-order valence-corrected chi connectivity index (χ0v) is 16.6. The molecule has 27 heavy (non-hydrogen) atoms. The number of nitriles is 1. The molecule has 0 spiro atoms. The van der Waals surface area contributed by atoms with Crippen molar-refractivity contribution in [1.29, 1.82) is 5.26 Å². The fourth-order valence-corrected chi connectivity index (χ4v) is 4.07. The molecule has 0 bridgehead atoms. The first kappa shape index (κ1) is 18.6. The maximum atomic E-state index is 13.1. The van der Waals surface area contributed by atoms with Gasteiger partial charge in [0.1, 0.15) is 17.1 Å². The van der Waals surface area contributed by atoms with E-state index in [0.717, 1.165) is 21.0 Å². The summed E-state index contributed by atoms with van der Waals surface area (Å²) in [7, 11) is 3.71. The molecule has 5 nitrogen and oxygen atoms in total. The van der Waals surface area contributed by atoms with Gasteiger partial charge in [0.15, 0.2) is 0 Å². The van der Waals surface area contributed by atoms with Crippen molar-refractivity contribution in [3.05, 3.63) is 68.4 Å². The molecule has 1 aromatic carbocycles. The number of hydrogen-bond acceptors (Lipinski definition) is 5. The number of benzene rings is 1. The average molecular weight is 376 g/mol. The third kappa shape index (κ3) is 3.18. The molecule has 0 amide bonds. The SMILES string of the molecule is C=C(C#N)/C(=c1\c(=C/C)sc2c(=O)n(-c3ccc(C)cc3)cnc12)N(C)C. The van der Waals surface area contributed by atoms with Crippen molar-refractivity contribution in [2.45, 2.75) is 13.8 Å². The Hall–Kier alpha value is -3.17. The predicted octanol–water partition coefficient (Wildman–Crippen LogP) is 2.31. The minimum absolute atomic E-state index is 0.121. The number of likely N-dealkylation sites (N-methyl/N-ethyl adjacent to an activating group) is 1. The maximum absolute atomic E-state index is 13.1. The molecule has 3 aromatic rings. The summed E-state index contributed by atoms with van der Waals surface area (Å²) in [5.41, 5.74) is 3.40. The smallest absolute Gasteiger partial charge is 0.275 e. The number of aromatic nitrogens is 2. The van der Waals surface area contributed by atoms with Crippen LogP contribution in [0.15, 0.2) is 47.5 Å². The molecule has 0 aliphatic rings. The van der Waals surface area contributed by atoms with Crippen molar-refractivity contribution in [2.24, 2.45) is 0 Å². The topological polar surface area (TPSA) is 61.9 Å². The zero-order chi connectivity index (χ0) is 19.7. The average Bonchev–Trinajstić information content (AvgIpc) is 3.02. The number of aryl methyl sites for hydroxylation is 1. The lowest BCUT2D eigenvalue weighted by Crippen LogP contribution is -2.30. The van der Waals surface area contributed by atoms with Crippen molar-refractivity contribution in [1.82, 2.24) is 14.5 Å². The maximum Gasteiger partial charge on any atom is 0.275 e. The van der Waals surface area contributed by atoms with Crippen LogP contribution in [0.25, 0.3) is 27.7 Å². The Kier molecular flexibility index (Phi) is 4.98. The van der Waals surface area contributed by atoms with E-state index in [1.165, 1.54) is 11.3 Å². The number of nitrogens with zero attached hydrogens (tertiary/aromatic N) is 4. The predicted molar refractivity (Wildman–Crippen MR) is 111 cm³/mol. The minimum Gasteiger partial charge on any atom is -0.376 e. The first-order valence-corrected chi connectivity index (χ1v) is 9.25. The van der Waals surface area contributed by atoms with Gasteiger partial charge in [-0.15, -0.1) is 11.3 Å². The van der Waals surface area contributed by atoms with Crippen LogP contribution in [0.4, 0.5) is 0 Å². The fourth-order valence-electron chi connectivity index (χ4n) is 3.00. The summed E-state index contributed by atoms with van der Waals surface area (Å²) in [6.07, 6.45) is 3.49. The Balaban J connectivity index is 2.46. The highest BCUT2D eigenvalue weighted by Gasteiger charge is 2.16. The molecule has 3 rings (SSSR count). The monoisotopic (exact) mass is 376 g/mol. The van der Waals surface area contributed by atoms with Crippen LogP contribution in [0, 0.1) is 18.3 Å². The number of fused-ring (bicyclic) bond motifs is 1. The summed E-state index contributed by atoms with van der Waals surface area (Å²) >= 11 is 1.39. The molecule has 2 aromatic heterocycles. The Bertz CT molecular complexity index is 1250. The summed E-state index contributed by atoms with van der Waals surface area (Å²) in [5.74, 6) is 0. The van der Waals surface area contributed by atoms with Crippen LogP contribution in [0.3, 0.4) is 0 Å². The van der Waals surface area contributed by atoms with Crippen LogP contribution >= 0.6 is 11.3 Å². The molecular formula is C21H20N4OS. The summed E-state index contributed by atoms with van der Waals surface area (Å²) in [5, 5.41) is 10.1. The molecule has 6 heteroatoms. The van der Waals surface area contributed by atoms with Gasteiger partial charge in [-0.2, -0.15) is 5.26 Å². The lowest BCUT2D eigenvalue weighted by Gasteiger charge is -2.15. The van der Waals surface area contributed by atoms with Crippen LogP contribution in [0.1, 0.15) is 12.5 Å². The van der Waals surface area contributed by atoms with Crippen molar-refractivity contribution >= 4 is 33.3 Å². The van der Waals surface area contributed by atoms with Gasteiger partial charge in [0.25, 0.3) is 5.56 Å². The van der Waals surface area contributed by atoms with Crippen LogP contribution in [-0.2, 0) is 0 Å². The van der Waals surface area contributed by atoms with E-state index in [1.54, 1.807) is 10.9 Å². The van der Waals surface area contributed by atoms with E-state index in [1.807, 2.05) is 63.2 Å². The standard InChI is InChI=1S/C21H20N4OS/c1-6-16-17(19(24(4)5)14(3)11-22)18-20(27-16)21(26)25(12-23-18)15-9-7-13(2)8-10-15/h6-10,12H,3H2,1-2,4-5H3/b16-6+,19-17-. The molecular weight excluding hydrogens is 356 g/mol. The normalized spacial score (nSPS) is 12.8. The van der Waals surface area contributed by atoms with E-state index in [0.29, 0.717) is 21.5 Å². The second-order valence-electron chi connectivity index (χ2n) is 6.40. The number of rotatable bonds is 3. The lowest BCUT2D eigenvalue weighted by molar-refractivity contribution is 0.589. The van der Waals surface area contributed by atoms with Gasteiger partial charge in [-0.05, 0) is 26.0 Å². The van der Waals surface area contributed by atoms with Crippen molar-refractivity contribution in [3.63, 3.8) is 0 Å². The molecule has 0 aliphatic carbocycles. The highest BCUT2D eigenvalue weighted by molar-refractivity contribution is 7.16. The van der Waals surface area contributed by atoms with E-state index in [4.69, 9.17) is 0 Å². The highest BCUT2D eigenvalue weighted by Crippen LogP contribution is 2.14. The van der Waals surface area contributed by atoms with E-state index >= 15 is 0 Å². The number of thiophene rings is 1. The van der Waals surface area contributed by atoms with Gasteiger partial charge >= 0.3 is 0 Å². The first-order valence-electron chi connectivity index (χ1n) is 8.43. The molecule has 0 radical (unpaired) electrons. The molecule has 0 unspecified atom stereocenters. The Labute approximate surface area is 161 Å². The molecule has 0 saturated heterocycles. The van der Waals surface area contributed by atoms with Crippen LogP contribution in [0.2, 0.25) is 0 Å². The molecule has 0 atom stereocenters. The fraction of sp³-hybridized carbons (Fsp3) is 0.190. The van der Waals surface area contributed by atoms with Crippen LogP contribution in [-0.4, -0.2) is 28.5 Å². The van der Waals surface area contributed by atoms with E-state index in [2.05, 4.69) is 17.6 Å². The van der Waals surface area contributed by atoms with Gasteiger partial charge in [-0.25, -0.2) is 4.98 Å². The van der Waals surface area contributed by atoms with Crippen LogP contribution < -0.4 is 15.3 Å². The quantitative estimate of drug-likeness (QED) is 0.658. The zero-order valence-electron chi connectivity index (χ0n) is 15.8. The third-order valence-electron chi connectivity index (χ3n) is 4.30. The molecule has 0 aliphatic heterocycles. The summed E-state index contributed by atoms with van der Waals surface area (Å²) in [6.45, 7) is 7.78. The van der Waals surface area contributed by atoms with Crippen molar-refractivity contribution in [3.8, 4) is 11.8 Å². The molecule has 2 heterocycles. The largest absolute Gasteiger partial charge is 0.376 e. The van der Waals surface area contributed by atoms with Gasteiger partial charge in [-0.3, -0.25) is 9.36 Å². The highest BCUT2D eigenvalue weighted by atomic mass is 32.1. The van der Waals surface area contributed by atoms with Crippen molar-refractivity contribution < 1.29 is 0 Å². The summed E-state index contributed by atoms with van der Waals surface area (Å²) in [6, 6.07) is 9.85. The Morgan fingerprint density at radius 2 is 2.00 bits per heavy atom. The van der Waals surface area contributed by atoms with Gasteiger partial charge in [-0.1, -0.05) is 30.4 Å². The number of hydrogen-bond donors (Lipinski definition) is 0. The summed E-state index contributed by atoms with van der Waals surface area (Å²) < 4.78 is 3.01. The Morgan fingerprint density at radius 1 is 1.33 bits per heavy atom. The first-order chi connectivity index (χ1) is 12.9. The lowest BCUT2D eigenvalue weighted by atomic mass is 10.1. The molecule has 0 fully saturated rings. The molecule has 136 valence electrons. The van der Waals surface area contributed by atoms with Gasteiger partial charge in [0.05, 0.1) is 22.5 Å². The second kappa shape index (κ2) is 7.22. The second-order valence-corrected chi connectivity index (χ2v) is 7.45. The van der Waals surface area contributed by atoms with E-state index in [-0.39, 0.29) is 5.56 Å². The summed E-state index contributed by atoms with van der Waals surface area (Å²) in [4.78, 5) is 19.6. The van der Waals surface area contributed by atoms with Gasteiger partial charge < -0.3 is 4.90 Å². The van der Waals surface area contributed by atoms with Gasteiger partial charge in [0, 0.05) is 23.8 Å². The van der Waals surface area contributed by atoms with Gasteiger partial charge in [0.2, 0.25) is 0 Å². The molecule has 0 N–H and O–H groups in total. The minimum atomic E-state index is -0.121. The van der Waals surface area contributed by atoms with Crippen molar-refractivity contribution in [2.75, 3.05) is 14.1 Å². The third-order valence-corrected chi connectivity index (χ3v) is 5.54. The molecule has 0 saturated carbocycles. The van der Waals surface area contributed by atoms with Crippen LogP contribution in [0.5, 0.6) is 0 Å². The Morgan fingerprint density at radius 3 is 2.56 bits per heavy atom. The van der Waals surface area contributed by atoms with E-state index in [9.17, 15) is 10.1 Å².